The lowest BCUT2D eigenvalue weighted by molar-refractivity contribution is -0.145. The Morgan fingerprint density at radius 3 is 2.64 bits per heavy atom. The second kappa shape index (κ2) is 11.4. The Bertz CT molecular complexity index is 1170. The van der Waals surface area contributed by atoms with E-state index in [2.05, 4.69) is 26.5 Å². The lowest BCUT2D eigenvalue weighted by Crippen LogP contribution is -2.17. The van der Waals surface area contributed by atoms with Crippen molar-refractivity contribution in [3.8, 4) is 17.2 Å². The maximum absolute atomic E-state index is 12.4. The molecule has 1 N–H and O–H groups in total. The lowest BCUT2D eigenvalue weighted by Gasteiger charge is -2.12. The van der Waals surface area contributed by atoms with Crippen LogP contribution in [0.15, 0.2) is 50.4 Å². The van der Waals surface area contributed by atoms with Gasteiger partial charge in [0, 0.05) is 15.4 Å². The third-order valence-corrected chi connectivity index (χ3v) is 5.01. The number of hydrazone groups is 1. The van der Waals surface area contributed by atoms with Crippen molar-refractivity contribution in [2.24, 2.45) is 5.10 Å². The molecular weight excluding hydrogens is 496 g/mol. The van der Waals surface area contributed by atoms with Gasteiger partial charge in [0.25, 0.3) is 0 Å². The van der Waals surface area contributed by atoms with E-state index in [1.165, 1.54) is 13.3 Å². The minimum Gasteiger partial charge on any atom is -0.494 e. The molecule has 0 atom stereocenters. The van der Waals surface area contributed by atoms with Crippen molar-refractivity contribution in [1.29, 1.82) is 0 Å². The minimum atomic E-state index is -0.502. The normalized spacial score (nSPS) is 10.9. The van der Waals surface area contributed by atoms with Crippen LogP contribution < -0.4 is 19.6 Å². The van der Waals surface area contributed by atoms with Gasteiger partial charge >= 0.3 is 11.9 Å². The second-order valence-electron chi connectivity index (χ2n) is 6.56. The number of carbonyl (C=O) groups excluding carboxylic acids is 2. The Morgan fingerprint density at radius 2 is 1.91 bits per heavy atom. The Kier molecular flexibility index (Phi) is 8.31. The number of hydrogen-bond acceptors (Lipinski definition) is 8. The summed E-state index contributed by atoms with van der Waals surface area (Å²) in [6, 6.07) is 10.2. The summed E-state index contributed by atoms with van der Waals surface area (Å²) in [4.78, 5) is 23.9. The smallest absolute Gasteiger partial charge is 0.344 e. The van der Waals surface area contributed by atoms with Crippen molar-refractivity contribution in [2.75, 3.05) is 26.9 Å². The number of amides is 1. The van der Waals surface area contributed by atoms with E-state index in [-0.39, 0.29) is 19.0 Å². The molecule has 0 spiro atoms. The summed E-state index contributed by atoms with van der Waals surface area (Å²) < 4.78 is 27.3. The summed E-state index contributed by atoms with van der Waals surface area (Å²) in [6.45, 7) is 4.18. The molecule has 174 valence electrons. The number of methoxy groups -OCH3 is 1. The highest BCUT2D eigenvalue weighted by atomic mass is 79.9. The van der Waals surface area contributed by atoms with Crippen LogP contribution in [0.25, 0.3) is 11.0 Å². The summed E-state index contributed by atoms with van der Waals surface area (Å²) in [5, 5.41) is 4.74. The van der Waals surface area contributed by atoms with Gasteiger partial charge in [0.2, 0.25) is 0 Å². The first-order valence-corrected chi connectivity index (χ1v) is 10.9. The molecule has 1 heterocycles. The molecule has 9 nitrogen and oxygen atoms in total. The zero-order valence-corrected chi connectivity index (χ0v) is 19.9. The van der Waals surface area contributed by atoms with Crippen molar-refractivity contribution in [3.63, 3.8) is 0 Å². The fraction of sp³-hybridized carbons (Fsp3) is 0.261. The Balaban J connectivity index is 1.68. The molecule has 0 unspecified atom stereocenters. The highest BCUT2D eigenvalue weighted by Crippen LogP contribution is 2.33. The molecule has 2 aromatic carbocycles. The standard InChI is InChI=1S/C23H23BrN2O7/c1-4-30-16-6-7-18-14(8-16)9-21(33-18)23(28)26-25-12-15-10-19(29-3)20(11-17(15)24)32-13-22(27)31-5-2/h6-12H,4-5,13H2,1-3H3,(H,26,28)/b25-12+. The van der Waals surface area contributed by atoms with Crippen molar-refractivity contribution in [1.82, 2.24) is 5.43 Å². The fourth-order valence-electron chi connectivity index (χ4n) is 2.87. The molecule has 0 aliphatic carbocycles. The molecule has 0 aliphatic heterocycles. The molecule has 3 rings (SSSR count). The van der Waals surface area contributed by atoms with E-state index in [1.54, 1.807) is 43.3 Å². The Hall–Kier alpha value is -3.53. The molecule has 0 radical (unpaired) electrons. The summed E-state index contributed by atoms with van der Waals surface area (Å²) in [6.07, 6.45) is 1.44. The first-order chi connectivity index (χ1) is 15.9. The van der Waals surface area contributed by atoms with Gasteiger partial charge in [0.1, 0.15) is 11.3 Å². The van der Waals surface area contributed by atoms with Crippen molar-refractivity contribution in [3.05, 3.63) is 52.2 Å². The number of esters is 1. The zero-order valence-electron chi connectivity index (χ0n) is 18.3. The van der Waals surface area contributed by atoms with Crippen LogP contribution >= 0.6 is 15.9 Å². The van der Waals surface area contributed by atoms with E-state index in [0.717, 1.165) is 5.39 Å². The molecule has 0 bridgehead atoms. The van der Waals surface area contributed by atoms with Crippen LogP contribution in [0.3, 0.4) is 0 Å². The number of fused-ring (bicyclic) bond motifs is 1. The average molecular weight is 519 g/mol. The third kappa shape index (κ3) is 6.26. The van der Waals surface area contributed by atoms with E-state index < -0.39 is 11.9 Å². The quantitative estimate of drug-likeness (QED) is 0.242. The van der Waals surface area contributed by atoms with E-state index >= 15 is 0 Å². The van der Waals surface area contributed by atoms with Crippen LogP contribution in [0, 0.1) is 0 Å². The monoisotopic (exact) mass is 518 g/mol. The van der Waals surface area contributed by atoms with Crippen LogP contribution in [0.2, 0.25) is 0 Å². The summed E-state index contributed by atoms with van der Waals surface area (Å²) in [5.41, 5.74) is 3.61. The maximum atomic E-state index is 12.4. The van der Waals surface area contributed by atoms with Crippen molar-refractivity contribution >= 4 is 45.0 Å². The van der Waals surface area contributed by atoms with Gasteiger partial charge in [0.15, 0.2) is 23.9 Å². The minimum absolute atomic E-state index is 0.121. The first kappa shape index (κ1) is 24.1. The number of ether oxygens (including phenoxy) is 4. The molecule has 0 saturated heterocycles. The number of nitrogens with one attached hydrogen (secondary N) is 1. The highest BCUT2D eigenvalue weighted by molar-refractivity contribution is 9.10. The predicted molar refractivity (Wildman–Crippen MR) is 125 cm³/mol. The number of rotatable bonds is 10. The van der Waals surface area contributed by atoms with Gasteiger partial charge in [-0.05, 0) is 66.2 Å². The maximum Gasteiger partial charge on any atom is 0.344 e. The Morgan fingerprint density at radius 1 is 1.09 bits per heavy atom. The van der Waals surface area contributed by atoms with Crippen LogP contribution in [-0.2, 0) is 9.53 Å². The molecular formula is C23H23BrN2O7. The molecule has 1 amide bonds. The van der Waals surface area contributed by atoms with E-state index in [4.69, 9.17) is 23.4 Å². The number of carbonyl (C=O) groups is 2. The van der Waals surface area contributed by atoms with Gasteiger partial charge in [-0.3, -0.25) is 4.79 Å². The molecule has 0 aliphatic rings. The topological polar surface area (TPSA) is 109 Å². The molecule has 33 heavy (non-hydrogen) atoms. The lowest BCUT2D eigenvalue weighted by atomic mass is 10.2. The van der Waals surface area contributed by atoms with Gasteiger partial charge in [-0.15, -0.1) is 0 Å². The van der Waals surface area contributed by atoms with Crippen molar-refractivity contribution in [2.45, 2.75) is 13.8 Å². The highest BCUT2D eigenvalue weighted by Gasteiger charge is 2.14. The van der Waals surface area contributed by atoms with Gasteiger partial charge in [-0.25, -0.2) is 10.2 Å². The molecule has 0 saturated carbocycles. The average Bonchev–Trinajstić information content (AvgIpc) is 3.23. The SMILES string of the molecule is CCOC(=O)COc1cc(Br)c(/C=N/NC(=O)c2cc3cc(OCC)ccc3o2)cc1OC. The van der Waals surface area contributed by atoms with Crippen LogP contribution in [-0.4, -0.2) is 45.0 Å². The van der Waals surface area contributed by atoms with Crippen LogP contribution in [0.4, 0.5) is 0 Å². The summed E-state index contributed by atoms with van der Waals surface area (Å²) >= 11 is 3.42. The first-order valence-electron chi connectivity index (χ1n) is 10.1. The molecule has 1 aromatic heterocycles. The number of hydrogen-bond donors (Lipinski definition) is 1. The van der Waals surface area contributed by atoms with Gasteiger partial charge in [0.05, 0.1) is 26.5 Å². The van der Waals surface area contributed by atoms with Crippen LogP contribution in [0.5, 0.6) is 17.2 Å². The van der Waals surface area contributed by atoms with Gasteiger partial charge in [-0.1, -0.05) is 0 Å². The summed E-state index contributed by atoms with van der Waals surface area (Å²) in [7, 11) is 1.47. The third-order valence-electron chi connectivity index (χ3n) is 4.33. The van der Waals surface area contributed by atoms with Gasteiger partial charge < -0.3 is 23.4 Å². The fourth-order valence-corrected chi connectivity index (χ4v) is 3.29. The van der Waals surface area contributed by atoms with E-state index in [1.807, 2.05) is 6.92 Å². The number of benzene rings is 2. The van der Waals surface area contributed by atoms with E-state index in [0.29, 0.717) is 39.5 Å². The number of furan rings is 1. The second-order valence-corrected chi connectivity index (χ2v) is 7.42. The molecule has 10 heteroatoms. The molecule has 0 fully saturated rings. The van der Waals surface area contributed by atoms with Crippen molar-refractivity contribution < 1.29 is 33.0 Å². The van der Waals surface area contributed by atoms with Crippen LogP contribution in [0.1, 0.15) is 30.0 Å². The predicted octanol–water partition coefficient (Wildman–Crippen LogP) is 4.31. The molecule has 3 aromatic rings. The zero-order chi connectivity index (χ0) is 23.8. The number of halogens is 1. The largest absolute Gasteiger partial charge is 0.494 e. The van der Waals surface area contributed by atoms with Gasteiger partial charge in [-0.2, -0.15) is 5.10 Å². The van der Waals surface area contributed by atoms with E-state index in [9.17, 15) is 9.59 Å². The Labute approximate surface area is 198 Å². The number of nitrogens with zero attached hydrogens (tertiary/aromatic N) is 1. The summed E-state index contributed by atoms with van der Waals surface area (Å²) in [5.74, 6) is 0.575.